The van der Waals surface area contributed by atoms with Crippen molar-refractivity contribution in [2.45, 2.75) is 57.7 Å². The van der Waals surface area contributed by atoms with Crippen molar-refractivity contribution in [2.24, 2.45) is 0 Å². The molecular weight excluding hydrogens is 152 g/mol. The molecule has 0 amide bonds. The Morgan fingerprint density at radius 1 is 1.33 bits per heavy atom. The van der Waals surface area contributed by atoms with E-state index in [4.69, 9.17) is 9.84 Å². The van der Waals surface area contributed by atoms with Crippen molar-refractivity contribution in [3.8, 4) is 0 Å². The van der Waals surface area contributed by atoms with Crippen molar-refractivity contribution in [2.75, 3.05) is 6.61 Å². The Labute approximate surface area is 74.9 Å². The first-order chi connectivity index (χ1) is 5.62. The minimum Gasteiger partial charge on any atom is -0.391 e. The Morgan fingerprint density at radius 2 is 1.92 bits per heavy atom. The van der Waals surface area contributed by atoms with Crippen LogP contribution < -0.4 is 0 Å². The molecule has 1 fully saturated rings. The molecule has 1 aliphatic rings. The maximum atomic E-state index is 9.07. The first-order valence-electron chi connectivity index (χ1n) is 4.94. The smallest absolute Gasteiger partial charge is 0.0745 e. The Balaban J connectivity index is 2.26. The first-order valence-corrected chi connectivity index (χ1v) is 4.94. The van der Waals surface area contributed by atoms with Crippen molar-refractivity contribution in [3.05, 3.63) is 0 Å². The fraction of sp³-hybridized carbons (Fsp3) is 1.00. The van der Waals surface area contributed by atoms with E-state index >= 15 is 0 Å². The molecule has 0 aromatic heterocycles. The third kappa shape index (κ3) is 3.11. The number of aliphatic hydroxyl groups is 1. The van der Waals surface area contributed by atoms with Crippen LogP contribution in [0.2, 0.25) is 0 Å². The highest BCUT2D eigenvalue weighted by molar-refractivity contribution is 4.79. The van der Waals surface area contributed by atoms with Crippen LogP contribution in [-0.2, 0) is 4.74 Å². The van der Waals surface area contributed by atoms with Crippen LogP contribution >= 0.6 is 0 Å². The summed E-state index contributed by atoms with van der Waals surface area (Å²) in [5, 5.41) is 9.07. The Morgan fingerprint density at radius 3 is 2.42 bits per heavy atom. The van der Waals surface area contributed by atoms with Gasteiger partial charge in [-0.1, -0.05) is 19.3 Å². The fourth-order valence-electron chi connectivity index (χ4n) is 1.77. The molecule has 72 valence electrons. The van der Waals surface area contributed by atoms with Crippen LogP contribution in [0.25, 0.3) is 0 Å². The van der Waals surface area contributed by atoms with Gasteiger partial charge in [-0.05, 0) is 26.7 Å². The van der Waals surface area contributed by atoms with Gasteiger partial charge in [0.15, 0.2) is 0 Å². The van der Waals surface area contributed by atoms with Crippen molar-refractivity contribution in [1.82, 2.24) is 0 Å². The molecule has 1 atom stereocenters. The zero-order chi connectivity index (χ0) is 9.03. The van der Waals surface area contributed by atoms with E-state index in [0.29, 0.717) is 6.61 Å². The second kappa shape index (κ2) is 4.24. The minimum atomic E-state index is -0.330. The Kier molecular flexibility index (Phi) is 3.53. The van der Waals surface area contributed by atoms with E-state index in [1.807, 2.05) is 0 Å². The van der Waals surface area contributed by atoms with Crippen LogP contribution in [0.4, 0.5) is 0 Å². The van der Waals surface area contributed by atoms with Gasteiger partial charge in [0.2, 0.25) is 0 Å². The van der Waals surface area contributed by atoms with E-state index in [9.17, 15) is 0 Å². The molecule has 2 nitrogen and oxygen atoms in total. The molecule has 0 radical (unpaired) electrons. The topological polar surface area (TPSA) is 29.5 Å². The van der Waals surface area contributed by atoms with Gasteiger partial charge in [0.25, 0.3) is 0 Å². The maximum Gasteiger partial charge on any atom is 0.0745 e. The molecule has 1 aliphatic carbocycles. The molecule has 0 spiro atoms. The fourth-order valence-corrected chi connectivity index (χ4v) is 1.77. The summed E-state index contributed by atoms with van der Waals surface area (Å²) < 4.78 is 5.68. The van der Waals surface area contributed by atoms with Crippen molar-refractivity contribution in [3.63, 3.8) is 0 Å². The number of hydrogen-bond acceptors (Lipinski definition) is 2. The lowest BCUT2D eigenvalue weighted by Crippen LogP contribution is -2.33. The van der Waals surface area contributed by atoms with E-state index in [1.54, 1.807) is 6.92 Å². The Bertz CT molecular complexity index is 126. The zero-order valence-electron chi connectivity index (χ0n) is 8.18. The summed E-state index contributed by atoms with van der Waals surface area (Å²) in [6.45, 7) is 4.41. The summed E-state index contributed by atoms with van der Waals surface area (Å²) in [6, 6.07) is 0. The molecule has 1 rings (SSSR count). The molecule has 0 saturated heterocycles. The van der Waals surface area contributed by atoms with Crippen molar-refractivity contribution >= 4 is 0 Å². The molecule has 1 unspecified atom stereocenters. The largest absolute Gasteiger partial charge is 0.391 e. The monoisotopic (exact) mass is 172 g/mol. The quantitative estimate of drug-likeness (QED) is 0.706. The molecule has 0 heterocycles. The number of aliphatic hydroxyl groups excluding tert-OH is 1. The van der Waals surface area contributed by atoms with Crippen molar-refractivity contribution in [1.29, 1.82) is 0 Å². The lowest BCUT2D eigenvalue weighted by molar-refractivity contribution is -0.0840. The van der Waals surface area contributed by atoms with E-state index in [1.165, 1.54) is 19.3 Å². The third-order valence-electron chi connectivity index (χ3n) is 2.58. The summed E-state index contributed by atoms with van der Waals surface area (Å²) in [5.41, 5.74) is 0.0508. The SMILES string of the molecule is CC(O)COC1(C)CCCCC1. The molecule has 0 aliphatic heterocycles. The van der Waals surface area contributed by atoms with E-state index < -0.39 is 0 Å². The van der Waals surface area contributed by atoms with Crippen LogP contribution in [0.5, 0.6) is 0 Å². The number of rotatable bonds is 3. The average Bonchev–Trinajstić information content (AvgIpc) is 2.03. The van der Waals surface area contributed by atoms with Gasteiger partial charge in [-0.2, -0.15) is 0 Å². The molecule has 12 heavy (non-hydrogen) atoms. The number of hydrogen-bond donors (Lipinski definition) is 1. The lowest BCUT2D eigenvalue weighted by Gasteiger charge is -2.34. The summed E-state index contributed by atoms with van der Waals surface area (Å²) >= 11 is 0. The zero-order valence-corrected chi connectivity index (χ0v) is 8.18. The van der Waals surface area contributed by atoms with Gasteiger partial charge in [0, 0.05) is 0 Å². The first kappa shape index (κ1) is 10.0. The van der Waals surface area contributed by atoms with Crippen LogP contribution in [-0.4, -0.2) is 23.4 Å². The third-order valence-corrected chi connectivity index (χ3v) is 2.58. The van der Waals surface area contributed by atoms with Gasteiger partial charge in [-0.3, -0.25) is 0 Å². The normalized spacial score (nSPS) is 25.2. The molecule has 0 bridgehead atoms. The van der Waals surface area contributed by atoms with Crippen LogP contribution in [0.15, 0.2) is 0 Å². The number of ether oxygens (including phenoxy) is 1. The van der Waals surface area contributed by atoms with Gasteiger partial charge in [-0.15, -0.1) is 0 Å². The Hall–Kier alpha value is -0.0800. The maximum absolute atomic E-state index is 9.07. The van der Waals surface area contributed by atoms with Gasteiger partial charge in [0.1, 0.15) is 0 Å². The average molecular weight is 172 g/mol. The van der Waals surface area contributed by atoms with Crippen LogP contribution in [0.3, 0.4) is 0 Å². The van der Waals surface area contributed by atoms with Crippen molar-refractivity contribution < 1.29 is 9.84 Å². The predicted octanol–water partition coefficient (Wildman–Crippen LogP) is 2.11. The predicted molar refractivity (Wildman–Crippen MR) is 49.1 cm³/mol. The summed E-state index contributed by atoms with van der Waals surface area (Å²) in [6.07, 6.45) is 5.86. The van der Waals surface area contributed by atoms with E-state index in [0.717, 1.165) is 12.8 Å². The lowest BCUT2D eigenvalue weighted by atomic mass is 9.86. The molecule has 0 aromatic carbocycles. The molecule has 2 heteroatoms. The molecule has 1 N–H and O–H groups in total. The van der Waals surface area contributed by atoms with Crippen LogP contribution in [0, 0.1) is 0 Å². The second-order valence-corrected chi connectivity index (χ2v) is 4.17. The van der Waals surface area contributed by atoms with Gasteiger partial charge >= 0.3 is 0 Å². The van der Waals surface area contributed by atoms with Gasteiger partial charge in [0.05, 0.1) is 18.3 Å². The van der Waals surface area contributed by atoms with Gasteiger partial charge in [-0.25, -0.2) is 0 Å². The standard InChI is InChI=1S/C10H20O2/c1-9(11)8-12-10(2)6-4-3-5-7-10/h9,11H,3-8H2,1-2H3. The summed E-state index contributed by atoms with van der Waals surface area (Å²) in [5.74, 6) is 0. The van der Waals surface area contributed by atoms with Gasteiger partial charge < -0.3 is 9.84 Å². The minimum absolute atomic E-state index is 0.0508. The molecule has 1 saturated carbocycles. The highest BCUT2D eigenvalue weighted by Gasteiger charge is 2.27. The summed E-state index contributed by atoms with van der Waals surface area (Å²) in [4.78, 5) is 0. The molecule has 0 aromatic rings. The van der Waals surface area contributed by atoms with E-state index in [-0.39, 0.29) is 11.7 Å². The highest BCUT2D eigenvalue weighted by atomic mass is 16.5. The highest BCUT2D eigenvalue weighted by Crippen LogP contribution is 2.30. The second-order valence-electron chi connectivity index (χ2n) is 4.17. The van der Waals surface area contributed by atoms with E-state index in [2.05, 4.69) is 6.92 Å². The summed E-state index contributed by atoms with van der Waals surface area (Å²) in [7, 11) is 0. The molecular formula is C10H20O2. The van der Waals surface area contributed by atoms with Crippen LogP contribution in [0.1, 0.15) is 46.0 Å².